The van der Waals surface area contributed by atoms with Crippen LogP contribution in [0.25, 0.3) is 0 Å². The number of hydrogen-bond acceptors (Lipinski definition) is 4. The highest BCUT2D eigenvalue weighted by molar-refractivity contribution is 7.89. The Kier molecular flexibility index (Phi) is 4.13. The Morgan fingerprint density at radius 3 is 2.68 bits per heavy atom. The molecule has 0 amide bonds. The Morgan fingerprint density at radius 1 is 1.37 bits per heavy atom. The number of sulfonamides is 1. The minimum atomic E-state index is -3.48. The monoisotopic (exact) mass is 283 g/mol. The van der Waals surface area contributed by atoms with Gasteiger partial charge in [-0.2, -0.15) is 4.31 Å². The summed E-state index contributed by atoms with van der Waals surface area (Å²) in [5, 5.41) is 0. The van der Waals surface area contributed by atoms with Crippen LogP contribution in [0.3, 0.4) is 0 Å². The first-order valence-electron chi connectivity index (χ1n) is 6.56. The lowest BCUT2D eigenvalue weighted by atomic mass is 10.0. The highest BCUT2D eigenvalue weighted by atomic mass is 32.2. The maximum absolute atomic E-state index is 12.8. The lowest BCUT2D eigenvalue weighted by molar-refractivity contribution is 0.316. The molecule has 1 aromatic carbocycles. The van der Waals surface area contributed by atoms with Crippen LogP contribution in [-0.2, 0) is 10.0 Å². The molecule has 0 radical (unpaired) electrons. The maximum atomic E-state index is 12.8. The van der Waals surface area contributed by atoms with Crippen LogP contribution in [0, 0.1) is 5.92 Å². The van der Waals surface area contributed by atoms with Gasteiger partial charge in [0, 0.05) is 12.6 Å². The van der Waals surface area contributed by atoms with E-state index >= 15 is 0 Å². The molecule has 0 aromatic heterocycles. The number of nitrogens with two attached hydrogens (primary N) is 1. The number of hydrogen-bond donors (Lipinski definition) is 2. The first-order valence-corrected chi connectivity index (χ1v) is 8.00. The summed E-state index contributed by atoms with van der Waals surface area (Å²) in [6.45, 7) is 4.71. The van der Waals surface area contributed by atoms with Crippen molar-refractivity contribution < 1.29 is 8.42 Å². The van der Waals surface area contributed by atoms with Gasteiger partial charge in [0.1, 0.15) is 4.90 Å². The van der Waals surface area contributed by atoms with Crippen molar-refractivity contribution in [3.05, 3.63) is 24.3 Å². The van der Waals surface area contributed by atoms with Gasteiger partial charge >= 0.3 is 0 Å². The van der Waals surface area contributed by atoms with E-state index in [1.165, 1.54) is 0 Å². The van der Waals surface area contributed by atoms with Gasteiger partial charge in [0.05, 0.1) is 5.69 Å². The third-order valence-electron chi connectivity index (χ3n) is 3.65. The second kappa shape index (κ2) is 5.48. The molecular weight excluding hydrogens is 262 g/mol. The van der Waals surface area contributed by atoms with Gasteiger partial charge in [0.2, 0.25) is 10.0 Å². The van der Waals surface area contributed by atoms with Crippen LogP contribution in [0.15, 0.2) is 29.2 Å². The molecule has 19 heavy (non-hydrogen) atoms. The third kappa shape index (κ3) is 2.61. The van der Waals surface area contributed by atoms with E-state index in [-0.39, 0.29) is 10.9 Å². The van der Waals surface area contributed by atoms with E-state index in [1.807, 2.05) is 0 Å². The van der Waals surface area contributed by atoms with Crippen LogP contribution in [0.2, 0.25) is 0 Å². The molecule has 1 saturated heterocycles. The van der Waals surface area contributed by atoms with Crippen molar-refractivity contribution in [3.8, 4) is 0 Å². The van der Waals surface area contributed by atoms with E-state index in [1.54, 1.807) is 28.6 Å². The van der Waals surface area contributed by atoms with Crippen LogP contribution >= 0.6 is 0 Å². The van der Waals surface area contributed by atoms with Gasteiger partial charge in [-0.15, -0.1) is 0 Å². The highest BCUT2D eigenvalue weighted by Gasteiger charge is 2.37. The second-order valence-electron chi connectivity index (χ2n) is 5.21. The predicted octanol–water partition coefficient (Wildman–Crippen LogP) is 1.78. The molecule has 3 N–H and O–H groups in total. The molecule has 1 aromatic rings. The Labute approximate surface area is 114 Å². The number of nitrogen functional groups attached to an aromatic ring is 1. The summed E-state index contributed by atoms with van der Waals surface area (Å²) in [5.74, 6) is 5.72. The van der Waals surface area contributed by atoms with Crippen LogP contribution in [0.1, 0.15) is 26.7 Å². The van der Waals surface area contributed by atoms with Crippen molar-refractivity contribution in [1.29, 1.82) is 0 Å². The summed E-state index contributed by atoms with van der Waals surface area (Å²) >= 11 is 0. The standard InChI is InChI=1S/C13H21N3O2S/c1-10(2)12-7-5-9-16(12)19(17,18)13-8-4-3-6-11(13)15-14/h3-4,6,8,10,12,15H,5,7,9,14H2,1-2H3. The number of hydrazine groups is 1. The van der Waals surface area contributed by atoms with E-state index in [9.17, 15) is 8.42 Å². The van der Waals surface area contributed by atoms with Crippen LogP contribution in [0.5, 0.6) is 0 Å². The van der Waals surface area contributed by atoms with Crippen LogP contribution in [-0.4, -0.2) is 25.3 Å². The molecule has 1 fully saturated rings. The van der Waals surface area contributed by atoms with E-state index in [0.717, 1.165) is 12.8 Å². The van der Waals surface area contributed by atoms with Crippen molar-refractivity contribution in [2.24, 2.45) is 11.8 Å². The van der Waals surface area contributed by atoms with Crippen molar-refractivity contribution >= 4 is 15.7 Å². The number of para-hydroxylation sites is 1. The molecule has 6 heteroatoms. The van der Waals surface area contributed by atoms with Gasteiger partial charge in [-0.1, -0.05) is 26.0 Å². The zero-order valence-corrected chi connectivity index (χ0v) is 12.2. The molecule has 1 aliphatic rings. The average Bonchev–Trinajstić information content (AvgIpc) is 2.88. The fourth-order valence-corrected chi connectivity index (χ4v) is 4.65. The summed E-state index contributed by atoms with van der Waals surface area (Å²) in [6, 6.07) is 6.83. The Balaban J connectivity index is 2.42. The van der Waals surface area contributed by atoms with Gasteiger partial charge in [-0.25, -0.2) is 8.42 Å². The van der Waals surface area contributed by atoms with Gasteiger partial charge < -0.3 is 5.43 Å². The Bertz CT molecular complexity index is 543. The quantitative estimate of drug-likeness (QED) is 0.652. The zero-order valence-electron chi connectivity index (χ0n) is 11.3. The molecule has 106 valence electrons. The summed E-state index contributed by atoms with van der Waals surface area (Å²) in [6.07, 6.45) is 1.84. The molecule has 5 nitrogen and oxygen atoms in total. The molecule has 1 atom stereocenters. The van der Waals surface area contributed by atoms with Crippen molar-refractivity contribution in [2.75, 3.05) is 12.0 Å². The number of nitrogens with zero attached hydrogens (tertiary/aromatic N) is 1. The Hall–Kier alpha value is -1.11. The topological polar surface area (TPSA) is 75.4 Å². The molecule has 1 unspecified atom stereocenters. The molecule has 0 saturated carbocycles. The Morgan fingerprint density at radius 2 is 2.05 bits per heavy atom. The second-order valence-corrected chi connectivity index (χ2v) is 7.07. The smallest absolute Gasteiger partial charge is 0.245 e. The number of anilines is 1. The zero-order chi connectivity index (χ0) is 14.0. The van der Waals surface area contributed by atoms with Crippen molar-refractivity contribution in [1.82, 2.24) is 4.31 Å². The number of nitrogens with one attached hydrogen (secondary N) is 1. The van der Waals surface area contributed by atoms with E-state index in [4.69, 9.17) is 5.84 Å². The summed E-state index contributed by atoms with van der Waals surface area (Å²) in [7, 11) is -3.48. The first-order chi connectivity index (χ1) is 8.98. The fourth-order valence-electron chi connectivity index (χ4n) is 2.67. The predicted molar refractivity (Wildman–Crippen MR) is 76.0 cm³/mol. The minimum absolute atomic E-state index is 0.0795. The highest BCUT2D eigenvalue weighted by Crippen LogP contribution is 2.32. The van der Waals surface area contributed by atoms with Gasteiger partial charge in [-0.05, 0) is 30.9 Å². The van der Waals surface area contributed by atoms with E-state index in [0.29, 0.717) is 18.2 Å². The van der Waals surface area contributed by atoms with Gasteiger partial charge in [-0.3, -0.25) is 5.84 Å². The van der Waals surface area contributed by atoms with Crippen LogP contribution < -0.4 is 11.3 Å². The average molecular weight is 283 g/mol. The largest absolute Gasteiger partial charge is 0.323 e. The molecule has 1 heterocycles. The molecule has 2 rings (SSSR count). The van der Waals surface area contributed by atoms with Crippen molar-refractivity contribution in [2.45, 2.75) is 37.6 Å². The van der Waals surface area contributed by atoms with E-state index < -0.39 is 10.0 Å². The van der Waals surface area contributed by atoms with Crippen LogP contribution in [0.4, 0.5) is 5.69 Å². The maximum Gasteiger partial charge on any atom is 0.245 e. The number of rotatable bonds is 4. The first kappa shape index (κ1) is 14.3. The molecule has 0 bridgehead atoms. The summed E-state index contributed by atoms with van der Waals surface area (Å²) < 4.78 is 27.1. The summed E-state index contributed by atoms with van der Waals surface area (Å²) in [4.78, 5) is 0.255. The minimum Gasteiger partial charge on any atom is -0.323 e. The lowest BCUT2D eigenvalue weighted by Gasteiger charge is -2.27. The molecule has 0 aliphatic carbocycles. The van der Waals surface area contributed by atoms with Crippen molar-refractivity contribution in [3.63, 3.8) is 0 Å². The normalized spacial score (nSPS) is 20.9. The SMILES string of the molecule is CC(C)C1CCCN1S(=O)(=O)c1ccccc1NN. The summed E-state index contributed by atoms with van der Waals surface area (Å²) in [5.41, 5.74) is 2.90. The van der Waals surface area contributed by atoms with E-state index in [2.05, 4.69) is 19.3 Å². The molecule has 0 spiro atoms. The fraction of sp³-hybridized carbons (Fsp3) is 0.538. The number of benzene rings is 1. The lowest BCUT2D eigenvalue weighted by Crippen LogP contribution is -2.38. The third-order valence-corrected chi connectivity index (χ3v) is 5.63. The van der Waals surface area contributed by atoms with Gasteiger partial charge in [0.15, 0.2) is 0 Å². The van der Waals surface area contributed by atoms with Gasteiger partial charge in [0.25, 0.3) is 0 Å². The molecule has 1 aliphatic heterocycles. The molecular formula is C13H21N3O2S.